The third kappa shape index (κ3) is 6.16. The van der Waals surface area contributed by atoms with Crippen LogP contribution in [0.3, 0.4) is 0 Å². The number of rotatable bonds is 9. The Morgan fingerprint density at radius 2 is 1.81 bits per heavy atom. The van der Waals surface area contributed by atoms with Crippen LogP contribution < -0.4 is 5.32 Å². The summed E-state index contributed by atoms with van der Waals surface area (Å²) in [5.41, 5.74) is 1.49. The molecular weight excluding hydrogens is 260 g/mol. The van der Waals surface area contributed by atoms with Gasteiger partial charge in [-0.15, -0.1) is 0 Å². The zero-order valence-corrected chi connectivity index (χ0v) is 14.5. The van der Waals surface area contributed by atoms with Crippen LogP contribution in [0.15, 0.2) is 30.3 Å². The van der Waals surface area contributed by atoms with Crippen LogP contribution in [0.25, 0.3) is 0 Å². The first-order valence-electron chi connectivity index (χ1n) is 7.89. The van der Waals surface area contributed by atoms with Crippen molar-refractivity contribution in [3.63, 3.8) is 0 Å². The van der Waals surface area contributed by atoms with Gasteiger partial charge in [0.2, 0.25) is 0 Å². The Bertz CT molecular complexity index is 389. The van der Waals surface area contributed by atoms with Crippen molar-refractivity contribution in [1.82, 2.24) is 10.2 Å². The first-order valence-corrected chi connectivity index (χ1v) is 7.89. The third-order valence-corrected chi connectivity index (χ3v) is 3.80. The summed E-state index contributed by atoms with van der Waals surface area (Å²) < 4.78 is 5.64. The summed E-state index contributed by atoms with van der Waals surface area (Å²) in [5.74, 6) is 0. The third-order valence-electron chi connectivity index (χ3n) is 3.80. The Morgan fingerprint density at radius 3 is 2.33 bits per heavy atom. The molecule has 0 saturated carbocycles. The van der Waals surface area contributed by atoms with Gasteiger partial charge < -0.3 is 15.0 Å². The van der Waals surface area contributed by atoms with Crippen LogP contribution >= 0.6 is 0 Å². The minimum Gasteiger partial charge on any atom is -0.377 e. The molecule has 0 saturated heterocycles. The van der Waals surface area contributed by atoms with E-state index in [0.717, 1.165) is 19.7 Å². The Hall–Kier alpha value is -0.900. The van der Waals surface area contributed by atoms with E-state index < -0.39 is 0 Å². The largest absolute Gasteiger partial charge is 0.377 e. The lowest BCUT2D eigenvalue weighted by Gasteiger charge is -2.38. The van der Waals surface area contributed by atoms with Crippen molar-refractivity contribution in [3.8, 4) is 0 Å². The predicted molar refractivity (Wildman–Crippen MR) is 90.6 cm³/mol. The molecule has 1 aromatic carbocycles. The van der Waals surface area contributed by atoms with Crippen molar-refractivity contribution in [1.29, 1.82) is 0 Å². The highest BCUT2D eigenvalue weighted by Crippen LogP contribution is 2.33. The molecule has 0 bridgehead atoms. The fraction of sp³-hybridized carbons (Fsp3) is 0.667. The predicted octanol–water partition coefficient (Wildman–Crippen LogP) is 3.33. The molecule has 1 aromatic rings. The molecule has 1 N–H and O–H groups in total. The van der Waals surface area contributed by atoms with Gasteiger partial charge in [0.15, 0.2) is 0 Å². The Kier molecular flexibility index (Phi) is 7.36. The number of hydrogen-bond donors (Lipinski definition) is 1. The van der Waals surface area contributed by atoms with Gasteiger partial charge in [0.1, 0.15) is 0 Å². The molecule has 0 aliphatic carbocycles. The van der Waals surface area contributed by atoms with E-state index in [1.807, 2.05) is 7.05 Å². The Morgan fingerprint density at radius 1 is 1.19 bits per heavy atom. The van der Waals surface area contributed by atoms with E-state index >= 15 is 0 Å². The Balaban J connectivity index is 2.61. The molecule has 1 unspecified atom stereocenters. The zero-order valence-electron chi connectivity index (χ0n) is 14.5. The van der Waals surface area contributed by atoms with Crippen LogP contribution in [0.5, 0.6) is 0 Å². The molecule has 0 aromatic heterocycles. The lowest BCUT2D eigenvalue weighted by atomic mass is 9.80. The molecule has 0 amide bonds. The molecule has 120 valence electrons. The van der Waals surface area contributed by atoms with Gasteiger partial charge in [-0.2, -0.15) is 0 Å². The van der Waals surface area contributed by atoms with Gasteiger partial charge in [-0.25, -0.2) is 0 Å². The summed E-state index contributed by atoms with van der Waals surface area (Å²) in [6.07, 6.45) is 0.306. The summed E-state index contributed by atoms with van der Waals surface area (Å²) in [7, 11) is 4.21. The molecule has 0 fully saturated rings. The molecule has 0 aliphatic rings. The second-order valence-electron chi connectivity index (χ2n) is 6.78. The van der Waals surface area contributed by atoms with Gasteiger partial charge in [0.05, 0.1) is 12.7 Å². The van der Waals surface area contributed by atoms with Crippen molar-refractivity contribution >= 4 is 0 Å². The highest BCUT2D eigenvalue weighted by Gasteiger charge is 2.30. The van der Waals surface area contributed by atoms with E-state index in [1.54, 1.807) is 0 Å². The molecule has 21 heavy (non-hydrogen) atoms. The highest BCUT2D eigenvalue weighted by molar-refractivity contribution is 5.21. The maximum Gasteiger partial charge on any atom is 0.0596 e. The normalized spacial score (nSPS) is 13.9. The number of nitrogens with zero attached hydrogens (tertiary/aromatic N) is 1. The lowest BCUT2D eigenvalue weighted by molar-refractivity contribution is 0.0536. The Labute approximate surface area is 130 Å². The van der Waals surface area contributed by atoms with Gasteiger partial charge in [0.25, 0.3) is 0 Å². The van der Waals surface area contributed by atoms with Crippen LogP contribution in [0.2, 0.25) is 0 Å². The SMILES string of the molecule is CNC(c1ccccc1)C(C)(C)CN(C)CCOC(C)C. The fourth-order valence-corrected chi connectivity index (χ4v) is 2.96. The van der Waals surface area contributed by atoms with E-state index in [1.165, 1.54) is 5.56 Å². The van der Waals surface area contributed by atoms with Crippen molar-refractivity contribution in [2.24, 2.45) is 5.41 Å². The van der Waals surface area contributed by atoms with E-state index in [0.29, 0.717) is 12.1 Å². The van der Waals surface area contributed by atoms with Crippen LogP contribution in [0, 0.1) is 5.41 Å². The van der Waals surface area contributed by atoms with Crippen LogP contribution in [-0.4, -0.2) is 44.8 Å². The van der Waals surface area contributed by atoms with Crippen LogP contribution in [0.4, 0.5) is 0 Å². The lowest BCUT2D eigenvalue weighted by Crippen LogP contribution is -2.41. The zero-order chi connectivity index (χ0) is 15.9. The minimum atomic E-state index is 0.142. The second-order valence-corrected chi connectivity index (χ2v) is 6.78. The average molecular weight is 292 g/mol. The van der Waals surface area contributed by atoms with Gasteiger partial charge in [-0.05, 0) is 38.9 Å². The number of ether oxygens (including phenoxy) is 1. The first-order chi connectivity index (χ1) is 9.86. The van der Waals surface area contributed by atoms with Crippen molar-refractivity contribution in [3.05, 3.63) is 35.9 Å². The number of nitrogens with one attached hydrogen (secondary N) is 1. The van der Waals surface area contributed by atoms with Gasteiger partial charge >= 0.3 is 0 Å². The second kappa shape index (κ2) is 8.52. The molecule has 1 rings (SSSR count). The van der Waals surface area contributed by atoms with Crippen molar-refractivity contribution in [2.75, 3.05) is 33.8 Å². The van der Waals surface area contributed by atoms with Gasteiger partial charge in [-0.3, -0.25) is 0 Å². The molecule has 0 heterocycles. The van der Waals surface area contributed by atoms with Gasteiger partial charge in [-0.1, -0.05) is 44.2 Å². The smallest absolute Gasteiger partial charge is 0.0596 e. The summed E-state index contributed by atoms with van der Waals surface area (Å²) in [5, 5.41) is 3.48. The summed E-state index contributed by atoms with van der Waals surface area (Å²) in [6, 6.07) is 11.0. The summed E-state index contributed by atoms with van der Waals surface area (Å²) in [4.78, 5) is 2.36. The highest BCUT2D eigenvalue weighted by atomic mass is 16.5. The summed E-state index contributed by atoms with van der Waals surface area (Å²) in [6.45, 7) is 11.6. The maximum atomic E-state index is 5.64. The van der Waals surface area contributed by atoms with Crippen LogP contribution in [0.1, 0.15) is 39.3 Å². The van der Waals surface area contributed by atoms with Crippen molar-refractivity contribution in [2.45, 2.75) is 39.8 Å². The fourth-order valence-electron chi connectivity index (χ4n) is 2.96. The quantitative estimate of drug-likeness (QED) is 0.755. The molecule has 0 aliphatic heterocycles. The minimum absolute atomic E-state index is 0.142. The van der Waals surface area contributed by atoms with E-state index in [9.17, 15) is 0 Å². The molecule has 1 atom stereocenters. The first kappa shape index (κ1) is 18.1. The van der Waals surface area contributed by atoms with E-state index in [2.05, 4.69) is 75.3 Å². The van der Waals surface area contributed by atoms with E-state index in [4.69, 9.17) is 4.74 Å². The molecule has 3 heteroatoms. The monoisotopic (exact) mass is 292 g/mol. The standard InChI is InChI=1S/C18H32N2O/c1-15(2)21-13-12-20(6)14-18(3,4)17(19-5)16-10-8-7-9-11-16/h7-11,15,17,19H,12-14H2,1-6H3. The van der Waals surface area contributed by atoms with Gasteiger partial charge in [0, 0.05) is 19.1 Å². The van der Waals surface area contributed by atoms with E-state index in [-0.39, 0.29) is 5.41 Å². The molecule has 0 radical (unpaired) electrons. The molecule has 3 nitrogen and oxygen atoms in total. The average Bonchev–Trinajstić information content (AvgIpc) is 2.39. The summed E-state index contributed by atoms with van der Waals surface area (Å²) >= 11 is 0. The molecular formula is C18H32N2O. The topological polar surface area (TPSA) is 24.5 Å². The number of likely N-dealkylation sites (N-methyl/N-ethyl adjacent to an activating group) is 1. The van der Waals surface area contributed by atoms with Crippen molar-refractivity contribution < 1.29 is 4.74 Å². The van der Waals surface area contributed by atoms with Crippen LogP contribution in [-0.2, 0) is 4.74 Å². The molecule has 0 spiro atoms. The number of benzene rings is 1. The number of hydrogen-bond acceptors (Lipinski definition) is 3. The maximum absolute atomic E-state index is 5.64.